The van der Waals surface area contributed by atoms with E-state index in [1.165, 1.54) is 17.8 Å². The minimum Gasteiger partial charge on any atom is -0.325 e. The Balaban J connectivity index is 1.30. The number of amides is 3. The molecule has 0 bridgehead atoms. The van der Waals surface area contributed by atoms with Gasteiger partial charge in [0.05, 0.1) is 15.3 Å². The molecule has 0 spiro atoms. The number of hydrogen-bond donors (Lipinski definition) is 3. The Kier molecular flexibility index (Phi) is 10.0. The smallest absolute Gasteiger partial charge is 0.272 e. The summed E-state index contributed by atoms with van der Waals surface area (Å²) in [4.78, 5) is 40.2. The van der Waals surface area contributed by atoms with E-state index in [9.17, 15) is 14.4 Å². The molecule has 0 heterocycles. The van der Waals surface area contributed by atoms with E-state index < -0.39 is 17.1 Å². The van der Waals surface area contributed by atoms with Crippen molar-refractivity contribution in [1.29, 1.82) is 0 Å². The van der Waals surface area contributed by atoms with E-state index in [-0.39, 0.29) is 16.6 Å². The van der Waals surface area contributed by atoms with Crippen LogP contribution in [0, 0.1) is 0 Å². The first-order valence-electron chi connectivity index (χ1n) is 13.7. The van der Waals surface area contributed by atoms with E-state index in [1.54, 1.807) is 66.7 Å². The molecule has 3 amide bonds. The summed E-state index contributed by atoms with van der Waals surface area (Å²) in [6.45, 7) is 1.82. The minimum atomic E-state index is -0.561. The van der Waals surface area contributed by atoms with Gasteiger partial charge in [-0.05, 0) is 77.9 Å². The van der Waals surface area contributed by atoms with Crippen LogP contribution in [0.15, 0.2) is 126 Å². The van der Waals surface area contributed by atoms with Crippen LogP contribution in [0.4, 0.5) is 11.4 Å². The Morgan fingerprint density at radius 2 is 1.43 bits per heavy atom. The number of halogens is 2. The van der Waals surface area contributed by atoms with Crippen molar-refractivity contribution in [2.75, 3.05) is 10.6 Å². The second-order valence-electron chi connectivity index (χ2n) is 9.81. The van der Waals surface area contributed by atoms with Gasteiger partial charge < -0.3 is 16.0 Å². The molecule has 0 aliphatic rings. The second-order valence-corrected chi connectivity index (χ2v) is 12.0. The monoisotopic (exact) mass is 639 g/mol. The number of carbonyl (C=O) groups is 3. The standard InChI is InChI=1S/C35H27Cl2N3O3S/c1-22(33(41)38-28-18-17-23-9-5-6-12-25(23)19-28)44-29-15-8-14-27(21-29)39-35(43)31(20-26-13-7-16-30(36)32(26)37)40-34(42)24-10-3-2-4-11-24/h2-22H,1H3,(H,38,41)(H,39,43)(H,40,42)/b31-20+. The summed E-state index contributed by atoms with van der Waals surface area (Å²) in [5.74, 6) is -1.16. The van der Waals surface area contributed by atoms with Crippen LogP contribution < -0.4 is 16.0 Å². The number of anilines is 2. The first-order valence-corrected chi connectivity index (χ1v) is 15.3. The third kappa shape index (κ3) is 7.88. The molecule has 6 nitrogen and oxygen atoms in total. The van der Waals surface area contributed by atoms with Crippen LogP contribution in [0.3, 0.4) is 0 Å². The van der Waals surface area contributed by atoms with Gasteiger partial charge in [0.25, 0.3) is 11.8 Å². The number of hydrogen-bond acceptors (Lipinski definition) is 4. The van der Waals surface area contributed by atoms with Gasteiger partial charge in [0.15, 0.2) is 0 Å². The molecule has 3 N–H and O–H groups in total. The van der Waals surface area contributed by atoms with Gasteiger partial charge >= 0.3 is 0 Å². The first-order chi connectivity index (χ1) is 21.3. The normalized spacial score (nSPS) is 11.9. The molecule has 0 fully saturated rings. The van der Waals surface area contributed by atoms with Gasteiger partial charge in [0.1, 0.15) is 5.70 Å². The molecular weight excluding hydrogens is 613 g/mol. The predicted octanol–water partition coefficient (Wildman–Crippen LogP) is 8.68. The molecular formula is C35H27Cl2N3O3S. The van der Waals surface area contributed by atoms with Crippen LogP contribution in [-0.4, -0.2) is 23.0 Å². The van der Waals surface area contributed by atoms with Crippen molar-refractivity contribution in [3.8, 4) is 0 Å². The molecule has 0 aliphatic heterocycles. The van der Waals surface area contributed by atoms with Gasteiger partial charge in [-0.1, -0.05) is 89.9 Å². The van der Waals surface area contributed by atoms with Crippen molar-refractivity contribution in [3.05, 3.63) is 142 Å². The predicted molar refractivity (Wildman–Crippen MR) is 181 cm³/mol. The van der Waals surface area contributed by atoms with Crippen molar-refractivity contribution >= 4 is 80.9 Å². The average molecular weight is 641 g/mol. The van der Waals surface area contributed by atoms with E-state index in [0.29, 0.717) is 21.8 Å². The van der Waals surface area contributed by atoms with Crippen molar-refractivity contribution in [2.45, 2.75) is 17.1 Å². The molecule has 0 aromatic heterocycles. The van der Waals surface area contributed by atoms with Crippen molar-refractivity contribution in [3.63, 3.8) is 0 Å². The average Bonchev–Trinajstić information content (AvgIpc) is 3.03. The fourth-order valence-electron chi connectivity index (χ4n) is 4.34. The summed E-state index contributed by atoms with van der Waals surface area (Å²) in [6.07, 6.45) is 1.47. The van der Waals surface area contributed by atoms with Gasteiger partial charge in [-0.3, -0.25) is 14.4 Å². The number of rotatable bonds is 9. The van der Waals surface area contributed by atoms with E-state index >= 15 is 0 Å². The van der Waals surface area contributed by atoms with Gasteiger partial charge in [-0.2, -0.15) is 0 Å². The lowest BCUT2D eigenvalue weighted by Gasteiger charge is -2.14. The van der Waals surface area contributed by atoms with Crippen LogP contribution in [0.5, 0.6) is 0 Å². The highest BCUT2D eigenvalue weighted by molar-refractivity contribution is 8.00. The number of carbonyl (C=O) groups excluding carboxylic acids is 3. The van der Waals surface area contributed by atoms with Crippen molar-refractivity contribution in [1.82, 2.24) is 5.32 Å². The Morgan fingerprint density at radius 1 is 0.727 bits per heavy atom. The Morgan fingerprint density at radius 3 is 2.23 bits per heavy atom. The molecule has 44 heavy (non-hydrogen) atoms. The molecule has 5 aromatic carbocycles. The van der Waals surface area contributed by atoms with Crippen molar-refractivity contribution in [2.24, 2.45) is 0 Å². The largest absolute Gasteiger partial charge is 0.325 e. The van der Waals surface area contributed by atoms with Gasteiger partial charge in [-0.15, -0.1) is 11.8 Å². The minimum absolute atomic E-state index is 0.0239. The highest BCUT2D eigenvalue weighted by Gasteiger charge is 2.18. The Hall–Kier alpha value is -4.56. The summed E-state index contributed by atoms with van der Waals surface area (Å²) in [5, 5.41) is 10.8. The Bertz CT molecular complexity index is 1880. The summed E-state index contributed by atoms with van der Waals surface area (Å²) in [7, 11) is 0. The maximum absolute atomic E-state index is 13.5. The fourth-order valence-corrected chi connectivity index (χ4v) is 5.63. The highest BCUT2D eigenvalue weighted by atomic mass is 35.5. The quantitative estimate of drug-likeness (QED) is 0.111. The number of nitrogens with one attached hydrogen (secondary N) is 3. The van der Waals surface area contributed by atoms with E-state index in [1.807, 2.05) is 55.5 Å². The van der Waals surface area contributed by atoms with Crippen LogP contribution >= 0.6 is 35.0 Å². The summed E-state index contributed by atoms with van der Waals surface area (Å²) < 4.78 is 0. The highest BCUT2D eigenvalue weighted by Crippen LogP contribution is 2.29. The Labute approximate surface area is 269 Å². The molecule has 0 aliphatic carbocycles. The third-order valence-electron chi connectivity index (χ3n) is 6.60. The SMILES string of the molecule is CC(Sc1cccc(NC(=O)/C(=C\c2cccc(Cl)c2Cl)NC(=O)c2ccccc2)c1)C(=O)Nc1ccc2ccccc2c1. The number of fused-ring (bicyclic) bond motifs is 1. The van der Waals surface area contributed by atoms with E-state index in [4.69, 9.17) is 23.2 Å². The first kappa shape index (κ1) is 30.9. The summed E-state index contributed by atoms with van der Waals surface area (Å²) >= 11 is 13.9. The molecule has 1 atom stereocenters. The molecule has 0 radical (unpaired) electrons. The zero-order valence-electron chi connectivity index (χ0n) is 23.5. The van der Waals surface area contributed by atoms with Gasteiger partial charge in [-0.25, -0.2) is 0 Å². The van der Waals surface area contributed by atoms with Crippen molar-refractivity contribution < 1.29 is 14.4 Å². The molecule has 5 rings (SSSR count). The van der Waals surface area contributed by atoms with Gasteiger partial charge in [0, 0.05) is 21.8 Å². The number of thioether (sulfide) groups is 1. The second kappa shape index (κ2) is 14.3. The molecule has 0 saturated heterocycles. The topological polar surface area (TPSA) is 87.3 Å². The molecule has 0 saturated carbocycles. The number of benzene rings is 5. The summed E-state index contributed by atoms with van der Waals surface area (Å²) in [6, 6.07) is 34.5. The van der Waals surface area contributed by atoms with E-state index in [0.717, 1.165) is 21.4 Å². The molecule has 5 aromatic rings. The lowest BCUT2D eigenvalue weighted by molar-refractivity contribution is -0.115. The zero-order chi connectivity index (χ0) is 31.1. The summed E-state index contributed by atoms with van der Waals surface area (Å²) in [5.41, 5.74) is 2.04. The van der Waals surface area contributed by atoms with Gasteiger partial charge in [0.2, 0.25) is 5.91 Å². The maximum Gasteiger partial charge on any atom is 0.272 e. The zero-order valence-corrected chi connectivity index (χ0v) is 25.8. The van der Waals surface area contributed by atoms with E-state index in [2.05, 4.69) is 16.0 Å². The lowest BCUT2D eigenvalue weighted by atomic mass is 10.1. The maximum atomic E-state index is 13.5. The van der Waals surface area contributed by atoms with Crippen LogP contribution in [0.1, 0.15) is 22.8 Å². The third-order valence-corrected chi connectivity index (χ3v) is 8.53. The molecule has 220 valence electrons. The van der Waals surface area contributed by atoms with Crippen LogP contribution in [0.25, 0.3) is 16.8 Å². The fraction of sp³-hybridized carbons (Fsp3) is 0.0571. The molecule has 9 heteroatoms. The van der Waals surface area contributed by atoms with Crippen LogP contribution in [0.2, 0.25) is 10.0 Å². The molecule has 1 unspecified atom stereocenters. The lowest BCUT2D eigenvalue weighted by Crippen LogP contribution is -2.30. The van der Waals surface area contributed by atoms with Crippen LogP contribution in [-0.2, 0) is 9.59 Å².